The molecule has 1 aliphatic heterocycles. The molecule has 3 nitrogen and oxygen atoms in total. The van der Waals surface area contributed by atoms with Crippen LogP contribution >= 0.6 is 12.4 Å². The minimum absolute atomic E-state index is 0. The first-order valence-corrected chi connectivity index (χ1v) is 8.98. The molecule has 22 heavy (non-hydrogen) atoms. The Balaban J connectivity index is 0.00000242. The molecule has 1 atom stereocenters. The molecule has 0 aromatic carbocycles. The first-order chi connectivity index (χ1) is 10.0. The van der Waals surface area contributed by atoms with E-state index in [1.165, 1.54) is 38.5 Å². The summed E-state index contributed by atoms with van der Waals surface area (Å²) >= 11 is 0. The number of hydrogen-bond donors (Lipinski definition) is 2. The highest BCUT2D eigenvalue weighted by Gasteiger charge is 2.37. The lowest BCUT2D eigenvalue weighted by molar-refractivity contribution is -0.123. The van der Waals surface area contributed by atoms with Crippen LogP contribution in [0.1, 0.15) is 65.7 Å². The minimum atomic E-state index is 0. The highest BCUT2D eigenvalue weighted by Crippen LogP contribution is 2.45. The molecule has 130 valence electrons. The van der Waals surface area contributed by atoms with E-state index in [2.05, 4.69) is 31.4 Å². The van der Waals surface area contributed by atoms with Crippen LogP contribution in [0.2, 0.25) is 0 Å². The first-order valence-electron chi connectivity index (χ1n) is 8.98. The summed E-state index contributed by atoms with van der Waals surface area (Å²) in [6.45, 7) is 9.98. The van der Waals surface area contributed by atoms with Gasteiger partial charge in [0.05, 0.1) is 0 Å². The topological polar surface area (TPSA) is 41.1 Å². The number of carbonyl (C=O) groups is 1. The number of rotatable bonds is 7. The van der Waals surface area contributed by atoms with Crippen molar-refractivity contribution in [2.24, 2.45) is 23.2 Å². The Bertz CT molecular complexity index is 336. The highest BCUT2D eigenvalue weighted by molar-refractivity contribution is 5.85. The zero-order valence-electron chi connectivity index (χ0n) is 14.6. The van der Waals surface area contributed by atoms with Crippen LogP contribution in [0.15, 0.2) is 0 Å². The molecule has 1 amide bonds. The Morgan fingerprint density at radius 2 is 1.86 bits per heavy atom. The van der Waals surface area contributed by atoms with Crippen molar-refractivity contribution in [3.63, 3.8) is 0 Å². The van der Waals surface area contributed by atoms with Gasteiger partial charge in [0.15, 0.2) is 0 Å². The van der Waals surface area contributed by atoms with E-state index >= 15 is 0 Å². The van der Waals surface area contributed by atoms with E-state index in [4.69, 9.17) is 0 Å². The van der Waals surface area contributed by atoms with Crippen LogP contribution in [0.5, 0.6) is 0 Å². The van der Waals surface area contributed by atoms with Gasteiger partial charge in [-0.15, -0.1) is 12.4 Å². The molecule has 2 aliphatic rings. The van der Waals surface area contributed by atoms with Gasteiger partial charge >= 0.3 is 0 Å². The van der Waals surface area contributed by atoms with E-state index in [9.17, 15) is 4.79 Å². The second-order valence-corrected chi connectivity index (χ2v) is 8.00. The molecule has 0 spiro atoms. The first kappa shape index (κ1) is 19.8. The molecule has 1 aliphatic carbocycles. The Morgan fingerprint density at radius 3 is 2.36 bits per heavy atom. The average Bonchev–Trinajstić information content (AvgIpc) is 2.42. The summed E-state index contributed by atoms with van der Waals surface area (Å²) in [5.41, 5.74) is 0.418. The van der Waals surface area contributed by atoms with Gasteiger partial charge in [-0.25, -0.2) is 0 Å². The molecule has 0 bridgehead atoms. The standard InChI is InChI=1S/C18H34N2O.ClH/c1-14(2)12-18(7-4-8-18)13-20-17(21)11-15(3)16-5-9-19-10-6-16;/h14-16,19H,4-13H2,1-3H3,(H,20,21);1H. The average molecular weight is 331 g/mol. The van der Waals surface area contributed by atoms with Gasteiger partial charge in [-0.05, 0) is 68.4 Å². The Labute approximate surface area is 142 Å². The van der Waals surface area contributed by atoms with Crippen LogP contribution in [0.25, 0.3) is 0 Å². The van der Waals surface area contributed by atoms with Crippen LogP contribution in [0.3, 0.4) is 0 Å². The van der Waals surface area contributed by atoms with Gasteiger partial charge in [-0.2, -0.15) is 0 Å². The zero-order chi connectivity index (χ0) is 15.3. The van der Waals surface area contributed by atoms with E-state index < -0.39 is 0 Å². The van der Waals surface area contributed by atoms with Gasteiger partial charge in [-0.3, -0.25) is 4.79 Å². The Kier molecular flexibility index (Phi) is 8.20. The third kappa shape index (κ3) is 5.73. The van der Waals surface area contributed by atoms with Crippen LogP contribution in [-0.2, 0) is 4.79 Å². The summed E-state index contributed by atoms with van der Waals surface area (Å²) in [4.78, 5) is 12.2. The smallest absolute Gasteiger partial charge is 0.220 e. The minimum Gasteiger partial charge on any atom is -0.356 e. The van der Waals surface area contributed by atoms with Gasteiger partial charge in [0, 0.05) is 13.0 Å². The predicted octanol–water partition coefficient (Wildman–Crippen LogP) is 3.77. The van der Waals surface area contributed by atoms with E-state index in [1.807, 2.05) is 0 Å². The fourth-order valence-corrected chi connectivity index (χ4v) is 4.23. The zero-order valence-corrected chi connectivity index (χ0v) is 15.4. The van der Waals surface area contributed by atoms with Crippen LogP contribution in [0, 0.1) is 23.2 Å². The number of nitrogens with one attached hydrogen (secondary N) is 2. The summed E-state index contributed by atoms with van der Waals surface area (Å²) in [5, 5.41) is 6.65. The number of carbonyl (C=O) groups excluding carboxylic acids is 1. The molecule has 1 heterocycles. The van der Waals surface area contributed by atoms with Crippen molar-refractivity contribution >= 4 is 18.3 Å². The van der Waals surface area contributed by atoms with E-state index in [-0.39, 0.29) is 18.3 Å². The molecule has 1 saturated heterocycles. The number of piperidine rings is 1. The van der Waals surface area contributed by atoms with E-state index in [1.54, 1.807) is 0 Å². The molecule has 2 N–H and O–H groups in total. The molecular weight excluding hydrogens is 296 g/mol. The maximum absolute atomic E-state index is 12.2. The maximum atomic E-state index is 12.2. The van der Waals surface area contributed by atoms with Gasteiger partial charge in [-0.1, -0.05) is 27.2 Å². The largest absolute Gasteiger partial charge is 0.356 e. The number of amides is 1. The highest BCUT2D eigenvalue weighted by atomic mass is 35.5. The van der Waals surface area contributed by atoms with Crippen molar-refractivity contribution in [2.45, 2.75) is 65.7 Å². The SMILES string of the molecule is CC(C)CC1(CNC(=O)CC(C)C2CCNCC2)CCC1.Cl. The van der Waals surface area contributed by atoms with Gasteiger partial charge < -0.3 is 10.6 Å². The quantitative estimate of drug-likeness (QED) is 0.746. The third-order valence-corrected chi connectivity index (χ3v) is 5.61. The molecular formula is C18H35ClN2O. The summed E-state index contributed by atoms with van der Waals surface area (Å²) in [5.74, 6) is 2.26. The fourth-order valence-electron chi connectivity index (χ4n) is 4.23. The number of hydrogen-bond acceptors (Lipinski definition) is 2. The molecule has 0 aromatic rings. The van der Waals surface area contributed by atoms with E-state index in [0.29, 0.717) is 17.8 Å². The lowest BCUT2D eigenvalue weighted by atomic mass is 9.64. The Morgan fingerprint density at radius 1 is 1.23 bits per heavy atom. The summed E-state index contributed by atoms with van der Waals surface area (Å²) in [6.07, 6.45) is 8.37. The molecule has 1 unspecified atom stereocenters. The van der Waals surface area contributed by atoms with Crippen LogP contribution in [-0.4, -0.2) is 25.5 Å². The predicted molar refractivity (Wildman–Crippen MR) is 95.4 cm³/mol. The van der Waals surface area contributed by atoms with Crippen molar-refractivity contribution in [2.75, 3.05) is 19.6 Å². The molecule has 2 fully saturated rings. The van der Waals surface area contributed by atoms with Crippen LogP contribution in [0.4, 0.5) is 0 Å². The molecule has 0 aromatic heterocycles. The van der Waals surface area contributed by atoms with Crippen molar-refractivity contribution < 1.29 is 4.79 Å². The third-order valence-electron chi connectivity index (χ3n) is 5.61. The lowest BCUT2D eigenvalue weighted by Crippen LogP contribution is -2.43. The Hall–Kier alpha value is -0.280. The van der Waals surface area contributed by atoms with Crippen molar-refractivity contribution in [3.8, 4) is 0 Å². The molecule has 1 saturated carbocycles. The van der Waals surface area contributed by atoms with Crippen molar-refractivity contribution in [1.82, 2.24) is 10.6 Å². The summed E-state index contributed by atoms with van der Waals surface area (Å²) in [6, 6.07) is 0. The van der Waals surface area contributed by atoms with Crippen LogP contribution < -0.4 is 10.6 Å². The van der Waals surface area contributed by atoms with Gasteiger partial charge in [0.25, 0.3) is 0 Å². The van der Waals surface area contributed by atoms with Crippen molar-refractivity contribution in [1.29, 1.82) is 0 Å². The second kappa shape index (κ2) is 9.12. The summed E-state index contributed by atoms with van der Waals surface area (Å²) in [7, 11) is 0. The maximum Gasteiger partial charge on any atom is 0.220 e. The summed E-state index contributed by atoms with van der Waals surface area (Å²) < 4.78 is 0. The molecule has 4 heteroatoms. The van der Waals surface area contributed by atoms with Gasteiger partial charge in [0.1, 0.15) is 0 Å². The molecule has 2 rings (SSSR count). The van der Waals surface area contributed by atoms with Gasteiger partial charge in [0.2, 0.25) is 5.91 Å². The normalized spacial score (nSPS) is 22.5. The second-order valence-electron chi connectivity index (χ2n) is 8.00. The monoisotopic (exact) mass is 330 g/mol. The molecule has 0 radical (unpaired) electrons. The van der Waals surface area contributed by atoms with Crippen molar-refractivity contribution in [3.05, 3.63) is 0 Å². The van der Waals surface area contributed by atoms with E-state index in [0.717, 1.165) is 31.5 Å². The lowest BCUT2D eigenvalue weighted by Gasteiger charge is -2.43. The fraction of sp³-hybridized carbons (Fsp3) is 0.944. The number of halogens is 1.